The van der Waals surface area contributed by atoms with Crippen molar-refractivity contribution in [2.75, 3.05) is 10.6 Å². The van der Waals surface area contributed by atoms with Gasteiger partial charge < -0.3 is 15.7 Å². The van der Waals surface area contributed by atoms with E-state index in [1.165, 1.54) is 23.9 Å². The van der Waals surface area contributed by atoms with E-state index in [1.807, 2.05) is 82.3 Å². The first kappa shape index (κ1) is 26.0. The van der Waals surface area contributed by atoms with Gasteiger partial charge in [-0.3, -0.25) is 9.59 Å². The predicted octanol–water partition coefficient (Wildman–Crippen LogP) is 6.54. The van der Waals surface area contributed by atoms with Crippen LogP contribution in [0.3, 0.4) is 0 Å². The highest BCUT2D eigenvalue weighted by Crippen LogP contribution is 2.37. The van der Waals surface area contributed by atoms with Gasteiger partial charge in [0, 0.05) is 22.7 Å². The molecule has 182 valence electrons. The van der Waals surface area contributed by atoms with Crippen molar-refractivity contribution in [2.45, 2.75) is 44.3 Å². The van der Waals surface area contributed by atoms with E-state index in [4.69, 9.17) is 0 Å². The van der Waals surface area contributed by atoms with Gasteiger partial charge in [0.1, 0.15) is 5.25 Å². The molecule has 3 aromatic rings. The van der Waals surface area contributed by atoms with Gasteiger partial charge in [-0.1, -0.05) is 57.2 Å². The maximum absolute atomic E-state index is 13.4. The van der Waals surface area contributed by atoms with Crippen LogP contribution in [0.15, 0.2) is 77.7 Å². The number of nitrogens with one attached hydrogen (secondary N) is 2. The Bertz CT molecular complexity index is 1200. The van der Waals surface area contributed by atoms with Gasteiger partial charge in [-0.25, -0.2) is 4.79 Å². The molecular weight excluding hydrogens is 460 g/mol. The zero-order valence-corrected chi connectivity index (χ0v) is 21.1. The molecule has 0 fully saturated rings. The highest BCUT2D eigenvalue weighted by Gasteiger charge is 2.23. The Morgan fingerprint density at radius 1 is 0.914 bits per heavy atom. The first-order valence-electron chi connectivity index (χ1n) is 11.3. The molecule has 1 unspecified atom stereocenters. The minimum atomic E-state index is -1.05. The molecule has 3 aromatic carbocycles. The van der Waals surface area contributed by atoms with Crippen LogP contribution in [0.25, 0.3) is 0 Å². The van der Waals surface area contributed by atoms with Crippen molar-refractivity contribution < 1.29 is 19.5 Å². The summed E-state index contributed by atoms with van der Waals surface area (Å²) >= 11 is 1.38. The third kappa shape index (κ3) is 7.72. The maximum atomic E-state index is 13.4. The summed E-state index contributed by atoms with van der Waals surface area (Å²) < 4.78 is 0. The topological polar surface area (TPSA) is 95.5 Å². The van der Waals surface area contributed by atoms with Crippen LogP contribution in [0, 0.1) is 12.3 Å². The third-order valence-corrected chi connectivity index (χ3v) is 6.43. The van der Waals surface area contributed by atoms with E-state index in [1.54, 1.807) is 6.07 Å². The fourth-order valence-corrected chi connectivity index (χ4v) is 4.45. The lowest BCUT2D eigenvalue weighted by Gasteiger charge is -2.19. The largest absolute Gasteiger partial charge is 0.478 e. The first-order valence-corrected chi connectivity index (χ1v) is 12.2. The highest BCUT2D eigenvalue weighted by molar-refractivity contribution is 8.00. The van der Waals surface area contributed by atoms with E-state index in [0.717, 1.165) is 16.0 Å². The summed E-state index contributed by atoms with van der Waals surface area (Å²) in [4.78, 5) is 37.8. The van der Waals surface area contributed by atoms with Crippen LogP contribution in [0.2, 0.25) is 0 Å². The molecule has 3 rings (SSSR count). The van der Waals surface area contributed by atoms with E-state index in [9.17, 15) is 19.5 Å². The molecule has 0 spiro atoms. The summed E-state index contributed by atoms with van der Waals surface area (Å²) in [6.45, 7) is 7.86. The fraction of sp³-hybridized carbons (Fsp3) is 0.250. The zero-order valence-electron chi connectivity index (χ0n) is 20.3. The van der Waals surface area contributed by atoms with E-state index >= 15 is 0 Å². The second-order valence-corrected chi connectivity index (χ2v) is 10.7. The molecule has 3 N–H and O–H groups in total. The Morgan fingerprint density at radius 2 is 1.57 bits per heavy atom. The highest BCUT2D eigenvalue weighted by atomic mass is 32.2. The molecule has 7 heteroatoms. The number of benzene rings is 3. The van der Waals surface area contributed by atoms with Gasteiger partial charge >= 0.3 is 5.97 Å². The number of carbonyl (C=O) groups excluding carboxylic acids is 2. The standard InChI is InChI=1S/C28H30N2O4S/c1-18-10-11-20(27(33)34)16-23(18)30-26(32)25(19-8-6-5-7-9-19)35-22-14-12-21(13-15-22)29-24(31)17-28(2,3)4/h5-16,25H,17H2,1-4H3,(H,29,31)(H,30,32)(H,33,34). The van der Waals surface area contributed by atoms with Gasteiger partial charge in [-0.05, 0) is 59.9 Å². The Balaban J connectivity index is 1.79. The normalized spacial score (nSPS) is 12.0. The summed E-state index contributed by atoms with van der Waals surface area (Å²) in [5.74, 6) is -1.35. The van der Waals surface area contributed by atoms with Crippen molar-refractivity contribution in [2.24, 2.45) is 5.41 Å². The molecule has 0 saturated heterocycles. The van der Waals surface area contributed by atoms with Crippen molar-refractivity contribution in [3.63, 3.8) is 0 Å². The average molecular weight is 491 g/mol. The second kappa shape index (κ2) is 11.2. The second-order valence-electron chi connectivity index (χ2n) is 9.54. The molecule has 0 radical (unpaired) electrons. The van der Waals surface area contributed by atoms with Gasteiger partial charge in [0.05, 0.1) is 5.56 Å². The van der Waals surface area contributed by atoms with E-state index in [-0.39, 0.29) is 22.8 Å². The number of aromatic carboxylic acids is 1. The lowest BCUT2D eigenvalue weighted by Crippen LogP contribution is -2.20. The molecule has 0 aromatic heterocycles. The van der Waals surface area contributed by atoms with Crippen LogP contribution in [-0.4, -0.2) is 22.9 Å². The monoisotopic (exact) mass is 490 g/mol. The molecule has 2 amide bonds. The molecule has 0 aliphatic rings. The van der Waals surface area contributed by atoms with Gasteiger partial charge in [-0.15, -0.1) is 11.8 Å². The number of amides is 2. The van der Waals surface area contributed by atoms with Crippen LogP contribution >= 0.6 is 11.8 Å². The Kier molecular flexibility index (Phi) is 8.35. The van der Waals surface area contributed by atoms with E-state index in [2.05, 4.69) is 10.6 Å². The fourth-order valence-electron chi connectivity index (χ4n) is 3.43. The van der Waals surface area contributed by atoms with Crippen molar-refractivity contribution >= 4 is 40.9 Å². The maximum Gasteiger partial charge on any atom is 0.335 e. The molecule has 35 heavy (non-hydrogen) atoms. The number of aryl methyl sites for hydroxylation is 1. The van der Waals surface area contributed by atoms with Gasteiger partial charge in [-0.2, -0.15) is 0 Å². The van der Waals surface area contributed by atoms with Crippen molar-refractivity contribution in [3.8, 4) is 0 Å². The van der Waals surface area contributed by atoms with E-state index < -0.39 is 11.2 Å². The van der Waals surface area contributed by atoms with Crippen LogP contribution in [-0.2, 0) is 9.59 Å². The Hall–Kier alpha value is -3.58. The average Bonchev–Trinajstić information content (AvgIpc) is 2.79. The van der Waals surface area contributed by atoms with Gasteiger partial charge in [0.2, 0.25) is 11.8 Å². The van der Waals surface area contributed by atoms with Crippen LogP contribution in [0.4, 0.5) is 11.4 Å². The lowest BCUT2D eigenvalue weighted by molar-refractivity contribution is -0.118. The van der Waals surface area contributed by atoms with Crippen LogP contribution in [0.1, 0.15) is 53.9 Å². The number of thioether (sulfide) groups is 1. The van der Waals surface area contributed by atoms with Gasteiger partial charge in [0.25, 0.3) is 0 Å². The van der Waals surface area contributed by atoms with Crippen LogP contribution in [0.5, 0.6) is 0 Å². The quantitative estimate of drug-likeness (QED) is 0.312. The summed E-state index contributed by atoms with van der Waals surface area (Å²) in [6.07, 6.45) is 0.419. The van der Waals surface area contributed by atoms with E-state index in [0.29, 0.717) is 17.8 Å². The molecule has 0 saturated carbocycles. The summed E-state index contributed by atoms with van der Waals surface area (Å²) in [6, 6.07) is 21.5. The summed E-state index contributed by atoms with van der Waals surface area (Å²) in [5, 5.41) is 14.6. The Morgan fingerprint density at radius 3 is 2.17 bits per heavy atom. The molecule has 1 atom stereocenters. The number of anilines is 2. The third-order valence-electron chi connectivity index (χ3n) is 5.17. The molecule has 0 heterocycles. The number of carboxylic acids is 1. The lowest BCUT2D eigenvalue weighted by atomic mass is 9.92. The van der Waals surface area contributed by atoms with Crippen molar-refractivity contribution in [1.82, 2.24) is 0 Å². The molecule has 0 aliphatic heterocycles. The predicted molar refractivity (Wildman–Crippen MR) is 141 cm³/mol. The number of rotatable bonds is 8. The van der Waals surface area contributed by atoms with Crippen molar-refractivity contribution in [1.29, 1.82) is 0 Å². The Labute approximate surface area is 210 Å². The van der Waals surface area contributed by atoms with Gasteiger partial charge in [0.15, 0.2) is 0 Å². The molecule has 0 bridgehead atoms. The van der Waals surface area contributed by atoms with Crippen LogP contribution < -0.4 is 10.6 Å². The number of carbonyl (C=O) groups is 3. The first-order chi connectivity index (χ1) is 16.5. The zero-order chi connectivity index (χ0) is 25.6. The SMILES string of the molecule is Cc1ccc(C(=O)O)cc1NC(=O)C(Sc1ccc(NC(=O)CC(C)(C)C)cc1)c1ccccc1. The molecule has 6 nitrogen and oxygen atoms in total. The number of carboxylic acid groups (broad SMARTS) is 1. The number of hydrogen-bond acceptors (Lipinski definition) is 4. The molecule has 0 aliphatic carbocycles. The minimum absolute atomic E-state index is 0.0431. The summed E-state index contributed by atoms with van der Waals surface area (Å²) in [5.41, 5.74) is 2.77. The molecular formula is C28H30N2O4S. The summed E-state index contributed by atoms with van der Waals surface area (Å²) in [7, 11) is 0. The smallest absolute Gasteiger partial charge is 0.335 e. The van der Waals surface area contributed by atoms with Crippen molar-refractivity contribution in [3.05, 3.63) is 89.5 Å². The number of hydrogen-bond donors (Lipinski definition) is 3. The minimum Gasteiger partial charge on any atom is -0.478 e.